The number of pyridine rings is 1. The largest absolute Gasteiger partial charge is 0.384 e. The Hall–Kier alpha value is -2.05. The fourth-order valence-electron chi connectivity index (χ4n) is 2.45. The lowest BCUT2D eigenvalue weighted by molar-refractivity contribution is -0.386. The van der Waals surface area contributed by atoms with Gasteiger partial charge in [0.15, 0.2) is 0 Å². The minimum absolute atomic E-state index is 0.0303. The predicted molar refractivity (Wildman–Crippen MR) is 98.0 cm³/mol. The highest BCUT2D eigenvalue weighted by Gasteiger charge is 2.33. The molecular formula is C13H5Br3N4O5. The van der Waals surface area contributed by atoms with Crippen molar-refractivity contribution < 1.29 is 14.5 Å². The highest BCUT2D eigenvalue weighted by atomic mass is 79.9. The van der Waals surface area contributed by atoms with Gasteiger partial charge in [0.05, 0.1) is 26.2 Å². The van der Waals surface area contributed by atoms with Crippen molar-refractivity contribution in [3.63, 3.8) is 0 Å². The second-order valence-electron chi connectivity index (χ2n) is 4.88. The van der Waals surface area contributed by atoms with E-state index in [-0.39, 0.29) is 37.3 Å². The van der Waals surface area contributed by atoms with Crippen molar-refractivity contribution >= 4 is 71.1 Å². The molecular weight excluding hydrogens is 532 g/mol. The van der Waals surface area contributed by atoms with Crippen LogP contribution < -0.4 is 16.6 Å². The molecule has 0 saturated heterocycles. The number of hydrogen-bond acceptors (Lipinski definition) is 6. The molecule has 128 valence electrons. The molecule has 1 aromatic heterocycles. The smallest absolute Gasteiger partial charge is 0.299 e. The first-order valence-electron chi connectivity index (χ1n) is 6.38. The molecule has 0 atom stereocenters. The average Bonchev–Trinajstić information content (AvgIpc) is 2.75. The van der Waals surface area contributed by atoms with E-state index >= 15 is 0 Å². The summed E-state index contributed by atoms with van der Waals surface area (Å²) in [5.41, 5.74) is 4.64. The van der Waals surface area contributed by atoms with E-state index in [1.807, 2.05) is 5.32 Å². The van der Waals surface area contributed by atoms with Crippen LogP contribution in [0.4, 0.5) is 11.5 Å². The summed E-state index contributed by atoms with van der Waals surface area (Å²) >= 11 is 9.42. The first kappa shape index (κ1) is 17.8. The molecule has 3 rings (SSSR count). The Morgan fingerprint density at radius 1 is 1.08 bits per heavy atom. The Kier molecular flexibility index (Phi) is 4.29. The molecule has 3 N–H and O–H groups in total. The van der Waals surface area contributed by atoms with E-state index in [4.69, 9.17) is 5.73 Å². The minimum atomic E-state index is -0.745. The maximum atomic E-state index is 12.5. The topological polar surface area (TPSA) is 137 Å². The number of nitrogens with zero attached hydrogens (tertiary/aromatic N) is 2. The van der Waals surface area contributed by atoms with Crippen LogP contribution in [0, 0.1) is 10.1 Å². The summed E-state index contributed by atoms with van der Waals surface area (Å²) in [4.78, 5) is 46.8. The quantitative estimate of drug-likeness (QED) is 0.344. The van der Waals surface area contributed by atoms with Crippen LogP contribution >= 0.6 is 47.8 Å². The lowest BCUT2D eigenvalue weighted by atomic mass is 10.1. The van der Waals surface area contributed by atoms with E-state index < -0.39 is 22.3 Å². The Bertz CT molecular complexity index is 1060. The molecule has 0 saturated carbocycles. The second kappa shape index (κ2) is 6.04. The van der Waals surface area contributed by atoms with Gasteiger partial charge < -0.3 is 5.73 Å². The second-order valence-corrected chi connectivity index (χ2v) is 7.39. The third-order valence-corrected chi connectivity index (χ3v) is 5.44. The van der Waals surface area contributed by atoms with Gasteiger partial charge >= 0.3 is 0 Å². The summed E-state index contributed by atoms with van der Waals surface area (Å²) in [6.45, 7) is 0. The van der Waals surface area contributed by atoms with Crippen LogP contribution in [0.2, 0.25) is 0 Å². The number of nitro benzene ring substituents is 1. The van der Waals surface area contributed by atoms with E-state index in [0.29, 0.717) is 4.47 Å². The van der Waals surface area contributed by atoms with E-state index in [0.717, 1.165) is 10.6 Å². The van der Waals surface area contributed by atoms with Crippen LogP contribution in [0.25, 0.3) is 5.69 Å². The highest BCUT2D eigenvalue weighted by molar-refractivity contribution is 9.11. The summed E-state index contributed by atoms with van der Waals surface area (Å²) in [5, 5.41) is 13.3. The van der Waals surface area contributed by atoms with Crippen LogP contribution in [0.5, 0.6) is 0 Å². The van der Waals surface area contributed by atoms with Gasteiger partial charge in [-0.3, -0.25) is 34.4 Å². The molecule has 0 unspecified atom stereocenters. The molecule has 0 bridgehead atoms. The zero-order valence-electron chi connectivity index (χ0n) is 11.8. The predicted octanol–water partition coefficient (Wildman–Crippen LogP) is 2.50. The normalized spacial score (nSPS) is 12.9. The number of nitrogen functional groups attached to an aromatic ring is 1. The van der Waals surface area contributed by atoms with Crippen molar-refractivity contribution in [2.75, 3.05) is 5.73 Å². The van der Waals surface area contributed by atoms with Crippen molar-refractivity contribution in [2.45, 2.75) is 0 Å². The number of anilines is 1. The summed E-state index contributed by atoms with van der Waals surface area (Å²) < 4.78 is 1.36. The number of hydrogen-bond donors (Lipinski definition) is 2. The molecule has 12 heteroatoms. The lowest BCUT2D eigenvalue weighted by Crippen LogP contribution is -2.25. The van der Waals surface area contributed by atoms with Gasteiger partial charge in [0.25, 0.3) is 23.1 Å². The monoisotopic (exact) mass is 534 g/mol. The third-order valence-electron chi connectivity index (χ3n) is 3.48. The highest BCUT2D eigenvalue weighted by Crippen LogP contribution is 2.42. The number of halogens is 3. The van der Waals surface area contributed by atoms with Gasteiger partial charge in [0.2, 0.25) is 0 Å². The van der Waals surface area contributed by atoms with Crippen molar-refractivity contribution in [2.24, 2.45) is 0 Å². The average molecular weight is 537 g/mol. The zero-order valence-corrected chi connectivity index (χ0v) is 16.6. The number of rotatable bonds is 2. The Morgan fingerprint density at radius 3 is 2.32 bits per heavy atom. The van der Waals surface area contributed by atoms with Crippen molar-refractivity contribution in [1.29, 1.82) is 0 Å². The summed E-state index contributed by atoms with van der Waals surface area (Å²) in [6, 6.07) is 2.33. The van der Waals surface area contributed by atoms with Gasteiger partial charge in [-0.1, -0.05) is 0 Å². The molecule has 0 fully saturated rings. The molecule has 0 aliphatic carbocycles. The first-order valence-corrected chi connectivity index (χ1v) is 8.76. The molecule has 1 aromatic carbocycles. The molecule has 2 heterocycles. The van der Waals surface area contributed by atoms with Gasteiger partial charge in [0.1, 0.15) is 10.3 Å². The van der Waals surface area contributed by atoms with Crippen LogP contribution in [-0.4, -0.2) is 21.3 Å². The lowest BCUT2D eigenvalue weighted by Gasteiger charge is -2.15. The Labute approximate surface area is 163 Å². The number of amides is 2. The van der Waals surface area contributed by atoms with Gasteiger partial charge in [-0.15, -0.1) is 0 Å². The van der Waals surface area contributed by atoms with Crippen LogP contribution in [0.3, 0.4) is 0 Å². The number of carbonyl (C=O) groups is 2. The molecule has 0 spiro atoms. The summed E-state index contributed by atoms with van der Waals surface area (Å²) in [7, 11) is 0. The van der Waals surface area contributed by atoms with E-state index in [2.05, 4.69) is 47.8 Å². The van der Waals surface area contributed by atoms with E-state index in [1.54, 1.807) is 0 Å². The zero-order chi connectivity index (χ0) is 18.6. The van der Waals surface area contributed by atoms with Gasteiger partial charge in [-0.2, -0.15) is 0 Å². The third kappa shape index (κ3) is 2.60. The van der Waals surface area contributed by atoms with E-state index in [9.17, 15) is 24.5 Å². The van der Waals surface area contributed by atoms with Gasteiger partial charge in [-0.05, 0) is 53.9 Å². The van der Waals surface area contributed by atoms with Gasteiger partial charge in [-0.25, -0.2) is 0 Å². The number of fused-ring (bicyclic) bond motifs is 1. The van der Waals surface area contributed by atoms with Crippen LogP contribution in [0.1, 0.15) is 20.7 Å². The number of nitro groups is 1. The molecule has 25 heavy (non-hydrogen) atoms. The number of imide groups is 1. The number of aromatic nitrogens is 1. The van der Waals surface area contributed by atoms with Crippen molar-refractivity contribution in [1.82, 2.24) is 9.88 Å². The fourth-order valence-corrected chi connectivity index (χ4v) is 5.22. The molecule has 1 aliphatic rings. The van der Waals surface area contributed by atoms with Crippen LogP contribution in [0.15, 0.2) is 30.3 Å². The Balaban J connectivity index is 2.44. The summed E-state index contributed by atoms with van der Waals surface area (Å²) in [6.07, 6.45) is 0. The molecule has 2 amide bonds. The fraction of sp³-hybridized carbons (Fsp3) is 0. The number of nitrogens with two attached hydrogens (primary N) is 1. The number of nitrogens with one attached hydrogen (secondary N) is 1. The SMILES string of the molecule is Nc1c2c(cc(=O)n1-c1c(Br)cc(Br)c([N+](=O)[O-])c1Br)C(=O)NC2=O. The van der Waals surface area contributed by atoms with E-state index in [1.165, 1.54) is 6.07 Å². The number of carbonyl (C=O) groups excluding carboxylic acids is 2. The van der Waals surface area contributed by atoms with Crippen LogP contribution in [-0.2, 0) is 0 Å². The molecule has 2 aromatic rings. The standard InChI is InChI=1S/C13H5Br3N4O5/c14-4-2-5(15)10(20(24)25)8(16)9(4)19-6(21)1-3-7(11(19)17)13(23)18-12(3)22/h1-2H,17H2,(H,18,22,23). The maximum Gasteiger partial charge on any atom is 0.299 e. The molecule has 9 nitrogen and oxygen atoms in total. The first-order chi connectivity index (χ1) is 11.6. The molecule has 0 radical (unpaired) electrons. The van der Waals surface area contributed by atoms with Gasteiger partial charge in [0, 0.05) is 10.5 Å². The maximum absolute atomic E-state index is 12.5. The summed E-state index contributed by atoms with van der Waals surface area (Å²) in [5.74, 6) is -1.77. The molecule has 1 aliphatic heterocycles. The Morgan fingerprint density at radius 2 is 1.72 bits per heavy atom. The van der Waals surface area contributed by atoms with Crippen molar-refractivity contribution in [3.8, 4) is 5.69 Å². The minimum Gasteiger partial charge on any atom is -0.384 e. The number of benzene rings is 1. The van der Waals surface area contributed by atoms with Crippen molar-refractivity contribution in [3.05, 3.63) is 57.1 Å².